The number of hydrogen-bond acceptors (Lipinski definition) is 4. The molecule has 1 aliphatic heterocycles. The minimum Gasteiger partial charge on any atom is -0.442 e. The first-order valence-corrected chi connectivity index (χ1v) is 7.57. The number of rotatable bonds is 4. The number of nitrogens with zero attached hydrogens (tertiary/aromatic N) is 1. The number of carbonyl (C=O) groups is 2. The molecule has 1 atom stereocenters. The molecule has 2 amide bonds. The second-order valence-corrected chi connectivity index (χ2v) is 5.73. The number of thiophene rings is 1. The molecule has 1 aromatic carbocycles. The fraction of sp³-hybridized carbons (Fsp3) is 0.200. The predicted molar refractivity (Wildman–Crippen MR) is 80.7 cm³/mol. The largest absolute Gasteiger partial charge is 0.442 e. The van der Waals surface area contributed by atoms with Crippen LogP contribution in [-0.4, -0.2) is 31.2 Å². The van der Waals surface area contributed by atoms with E-state index in [0.29, 0.717) is 10.6 Å². The Hall–Kier alpha value is -2.41. The van der Waals surface area contributed by atoms with Crippen molar-refractivity contribution >= 4 is 29.0 Å². The Balaban J connectivity index is 1.59. The number of anilines is 1. The zero-order valence-corrected chi connectivity index (χ0v) is 12.3. The summed E-state index contributed by atoms with van der Waals surface area (Å²) in [4.78, 5) is 25.6. The maximum absolute atomic E-state index is 13.2. The number of cyclic esters (lactones) is 1. The van der Waals surface area contributed by atoms with Crippen molar-refractivity contribution in [3.63, 3.8) is 0 Å². The van der Waals surface area contributed by atoms with Gasteiger partial charge in [0.05, 0.1) is 23.7 Å². The molecule has 114 valence electrons. The van der Waals surface area contributed by atoms with E-state index in [0.717, 1.165) is 0 Å². The van der Waals surface area contributed by atoms with E-state index in [2.05, 4.69) is 5.32 Å². The molecule has 2 aromatic rings. The minimum atomic E-state index is -0.541. The molecule has 2 heterocycles. The highest BCUT2D eigenvalue weighted by Crippen LogP contribution is 2.22. The van der Waals surface area contributed by atoms with Gasteiger partial charge in [-0.05, 0) is 29.6 Å². The van der Waals surface area contributed by atoms with Crippen LogP contribution in [0.1, 0.15) is 9.67 Å². The summed E-state index contributed by atoms with van der Waals surface area (Å²) in [7, 11) is 0. The summed E-state index contributed by atoms with van der Waals surface area (Å²) in [5.74, 6) is -0.616. The van der Waals surface area contributed by atoms with Crippen molar-refractivity contribution in [3.8, 4) is 0 Å². The highest BCUT2D eigenvalue weighted by molar-refractivity contribution is 7.12. The van der Waals surface area contributed by atoms with Crippen LogP contribution in [-0.2, 0) is 4.74 Å². The number of hydrogen-bond donors (Lipinski definition) is 1. The summed E-state index contributed by atoms with van der Waals surface area (Å²) < 4.78 is 18.4. The van der Waals surface area contributed by atoms with Crippen LogP contribution in [0.3, 0.4) is 0 Å². The Kier molecular flexibility index (Phi) is 4.06. The quantitative estimate of drug-likeness (QED) is 0.942. The Morgan fingerprint density at radius 2 is 2.27 bits per heavy atom. The molecule has 0 spiro atoms. The predicted octanol–water partition coefficient (Wildman–Crippen LogP) is 2.64. The molecular weight excluding hydrogens is 307 g/mol. The van der Waals surface area contributed by atoms with Crippen molar-refractivity contribution in [1.29, 1.82) is 0 Å². The lowest BCUT2D eigenvalue weighted by molar-refractivity contribution is 0.0920. The van der Waals surface area contributed by atoms with Gasteiger partial charge in [0.2, 0.25) is 0 Å². The van der Waals surface area contributed by atoms with Gasteiger partial charge in [-0.2, -0.15) is 0 Å². The van der Waals surface area contributed by atoms with E-state index in [-0.39, 0.29) is 19.0 Å². The normalized spacial score (nSPS) is 17.4. The van der Waals surface area contributed by atoms with Gasteiger partial charge in [0, 0.05) is 0 Å². The van der Waals surface area contributed by atoms with Crippen LogP contribution in [0.4, 0.5) is 14.9 Å². The first-order chi connectivity index (χ1) is 10.6. The Labute approximate surface area is 130 Å². The van der Waals surface area contributed by atoms with Gasteiger partial charge in [-0.25, -0.2) is 9.18 Å². The molecule has 1 saturated heterocycles. The zero-order valence-electron chi connectivity index (χ0n) is 11.5. The van der Waals surface area contributed by atoms with E-state index in [4.69, 9.17) is 4.74 Å². The first-order valence-electron chi connectivity index (χ1n) is 6.69. The molecule has 3 rings (SSSR count). The van der Waals surface area contributed by atoms with Gasteiger partial charge < -0.3 is 10.1 Å². The van der Waals surface area contributed by atoms with Crippen molar-refractivity contribution in [2.45, 2.75) is 6.10 Å². The average molecular weight is 320 g/mol. The van der Waals surface area contributed by atoms with Crippen LogP contribution < -0.4 is 10.2 Å². The van der Waals surface area contributed by atoms with Crippen molar-refractivity contribution in [2.75, 3.05) is 18.0 Å². The van der Waals surface area contributed by atoms with Gasteiger partial charge in [0.15, 0.2) is 0 Å². The van der Waals surface area contributed by atoms with Gasteiger partial charge in [0.1, 0.15) is 11.9 Å². The molecule has 7 heteroatoms. The number of nitrogens with one attached hydrogen (secondary N) is 1. The molecule has 0 saturated carbocycles. The third-order valence-corrected chi connectivity index (χ3v) is 4.10. The molecule has 0 radical (unpaired) electrons. The number of carbonyl (C=O) groups excluding carboxylic acids is 2. The average Bonchev–Trinajstić information content (AvgIpc) is 3.14. The van der Waals surface area contributed by atoms with Gasteiger partial charge in [-0.15, -0.1) is 11.3 Å². The standard InChI is InChI=1S/C15H13FN2O3S/c16-10-3-1-4-11(7-10)18-9-12(21-15(18)20)8-17-14(19)13-5-2-6-22-13/h1-7,12H,8-9H2,(H,17,19). The molecular formula is C15H13FN2O3S. The number of halogens is 1. The van der Waals surface area contributed by atoms with E-state index in [9.17, 15) is 14.0 Å². The summed E-state index contributed by atoms with van der Waals surface area (Å²) in [6, 6.07) is 9.26. The maximum Gasteiger partial charge on any atom is 0.414 e. The summed E-state index contributed by atoms with van der Waals surface area (Å²) in [6.45, 7) is 0.487. The number of benzene rings is 1. The fourth-order valence-electron chi connectivity index (χ4n) is 2.18. The van der Waals surface area contributed by atoms with Crippen LogP contribution in [0.2, 0.25) is 0 Å². The molecule has 1 aliphatic rings. The van der Waals surface area contributed by atoms with E-state index in [1.165, 1.54) is 34.4 Å². The first kappa shape index (κ1) is 14.5. The van der Waals surface area contributed by atoms with Gasteiger partial charge in [-0.1, -0.05) is 12.1 Å². The molecule has 5 nitrogen and oxygen atoms in total. The van der Waals surface area contributed by atoms with Crippen LogP contribution >= 0.6 is 11.3 Å². The molecule has 0 bridgehead atoms. The second kappa shape index (κ2) is 6.15. The van der Waals surface area contributed by atoms with Gasteiger partial charge in [-0.3, -0.25) is 9.69 Å². The minimum absolute atomic E-state index is 0.199. The third-order valence-electron chi connectivity index (χ3n) is 3.23. The lowest BCUT2D eigenvalue weighted by atomic mass is 10.2. The Bertz CT molecular complexity index is 690. The monoisotopic (exact) mass is 320 g/mol. The topological polar surface area (TPSA) is 58.6 Å². The van der Waals surface area contributed by atoms with E-state index in [1.54, 1.807) is 18.2 Å². The highest BCUT2D eigenvalue weighted by Gasteiger charge is 2.32. The van der Waals surface area contributed by atoms with Crippen molar-refractivity contribution < 1.29 is 18.7 Å². The number of ether oxygens (including phenoxy) is 1. The van der Waals surface area contributed by atoms with E-state index in [1.807, 2.05) is 5.38 Å². The van der Waals surface area contributed by atoms with Crippen molar-refractivity contribution in [2.24, 2.45) is 0 Å². The smallest absolute Gasteiger partial charge is 0.414 e. The molecule has 1 aromatic heterocycles. The highest BCUT2D eigenvalue weighted by atomic mass is 32.1. The number of amides is 2. The van der Waals surface area contributed by atoms with Gasteiger partial charge in [0.25, 0.3) is 5.91 Å². The van der Waals surface area contributed by atoms with Crippen LogP contribution in [0.5, 0.6) is 0 Å². The van der Waals surface area contributed by atoms with Gasteiger partial charge >= 0.3 is 6.09 Å². The molecule has 0 aliphatic carbocycles. The summed E-state index contributed by atoms with van der Waals surface area (Å²) in [6.07, 6.45) is -0.999. The fourth-order valence-corrected chi connectivity index (χ4v) is 2.82. The molecule has 1 fully saturated rings. The SMILES string of the molecule is O=C(NCC1CN(c2cccc(F)c2)C(=O)O1)c1cccs1. The van der Waals surface area contributed by atoms with Crippen LogP contribution in [0, 0.1) is 5.82 Å². The maximum atomic E-state index is 13.2. The van der Waals surface area contributed by atoms with Crippen LogP contribution in [0.15, 0.2) is 41.8 Å². The van der Waals surface area contributed by atoms with E-state index >= 15 is 0 Å². The summed E-state index contributed by atoms with van der Waals surface area (Å²) >= 11 is 1.34. The van der Waals surface area contributed by atoms with Crippen LogP contribution in [0.25, 0.3) is 0 Å². The van der Waals surface area contributed by atoms with Crippen molar-refractivity contribution in [3.05, 3.63) is 52.5 Å². The zero-order chi connectivity index (χ0) is 15.5. The third kappa shape index (κ3) is 3.09. The molecule has 1 N–H and O–H groups in total. The Morgan fingerprint density at radius 3 is 3.00 bits per heavy atom. The van der Waals surface area contributed by atoms with Crippen molar-refractivity contribution in [1.82, 2.24) is 5.32 Å². The Morgan fingerprint density at radius 1 is 1.41 bits per heavy atom. The second-order valence-electron chi connectivity index (χ2n) is 4.78. The molecule has 22 heavy (non-hydrogen) atoms. The summed E-state index contributed by atoms with van der Waals surface area (Å²) in [5.41, 5.74) is 0.442. The summed E-state index contributed by atoms with van der Waals surface area (Å²) in [5, 5.41) is 4.54. The lowest BCUT2D eigenvalue weighted by Crippen LogP contribution is -2.34. The van der Waals surface area contributed by atoms with E-state index < -0.39 is 18.0 Å². The lowest BCUT2D eigenvalue weighted by Gasteiger charge is -2.12. The molecule has 1 unspecified atom stereocenters.